The van der Waals surface area contributed by atoms with Crippen molar-refractivity contribution in [2.45, 2.75) is 45.3 Å². The predicted octanol–water partition coefficient (Wildman–Crippen LogP) is 3.70. The molecule has 0 radical (unpaired) electrons. The van der Waals surface area contributed by atoms with Crippen LogP contribution in [0.2, 0.25) is 0 Å². The van der Waals surface area contributed by atoms with Gasteiger partial charge in [0.15, 0.2) is 17.6 Å². The second kappa shape index (κ2) is 7.57. The van der Waals surface area contributed by atoms with Crippen LogP contribution in [0.4, 0.5) is 0 Å². The molecule has 0 amide bonds. The summed E-state index contributed by atoms with van der Waals surface area (Å²) >= 11 is 1.34. The summed E-state index contributed by atoms with van der Waals surface area (Å²) in [6, 6.07) is 7.74. The Morgan fingerprint density at radius 2 is 2.08 bits per heavy atom. The standard InChI is InChI=1S/C18H19NO4S/c1-12-6-8-13(9-7-12)22-10-17-19-14(11-24-17)18(21)23-16-5-3-2-4-15(16)20/h6-9,11,16H,2-5,10H2,1H3. The minimum atomic E-state index is -0.611. The van der Waals surface area contributed by atoms with E-state index in [1.165, 1.54) is 16.9 Å². The summed E-state index contributed by atoms with van der Waals surface area (Å²) in [6.07, 6.45) is 2.28. The molecule has 0 saturated heterocycles. The minimum Gasteiger partial charge on any atom is -0.486 e. The van der Waals surface area contributed by atoms with Gasteiger partial charge in [-0.1, -0.05) is 17.7 Å². The van der Waals surface area contributed by atoms with Gasteiger partial charge in [0.1, 0.15) is 17.4 Å². The van der Waals surface area contributed by atoms with E-state index >= 15 is 0 Å². The molecule has 1 heterocycles. The highest BCUT2D eigenvalue weighted by Gasteiger charge is 2.27. The largest absolute Gasteiger partial charge is 0.486 e. The predicted molar refractivity (Wildman–Crippen MR) is 90.3 cm³/mol. The number of carbonyl (C=O) groups excluding carboxylic acids is 2. The molecule has 1 aromatic heterocycles. The molecular formula is C18H19NO4S. The molecule has 5 nitrogen and oxygen atoms in total. The summed E-state index contributed by atoms with van der Waals surface area (Å²) in [5.74, 6) is 0.230. The lowest BCUT2D eigenvalue weighted by molar-refractivity contribution is -0.129. The average Bonchev–Trinajstić information content (AvgIpc) is 3.06. The Morgan fingerprint density at radius 1 is 1.29 bits per heavy atom. The Morgan fingerprint density at radius 3 is 2.83 bits per heavy atom. The Hall–Kier alpha value is -2.21. The van der Waals surface area contributed by atoms with Crippen LogP contribution in [0, 0.1) is 6.92 Å². The van der Waals surface area contributed by atoms with Gasteiger partial charge in [-0.2, -0.15) is 0 Å². The van der Waals surface area contributed by atoms with Gasteiger partial charge in [-0.25, -0.2) is 9.78 Å². The zero-order valence-electron chi connectivity index (χ0n) is 13.5. The van der Waals surface area contributed by atoms with E-state index in [-0.39, 0.29) is 11.5 Å². The maximum Gasteiger partial charge on any atom is 0.358 e. The van der Waals surface area contributed by atoms with E-state index in [2.05, 4.69) is 4.98 Å². The molecule has 1 aromatic carbocycles. The van der Waals surface area contributed by atoms with Crippen LogP contribution in [-0.2, 0) is 16.1 Å². The number of nitrogens with zero attached hydrogens (tertiary/aromatic N) is 1. The Kier molecular flexibility index (Phi) is 5.25. The van der Waals surface area contributed by atoms with E-state index in [1.807, 2.05) is 31.2 Å². The molecule has 1 saturated carbocycles. The van der Waals surface area contributed by atoms with Crippen LogP contribution in [-0.4, -0.2) is 22.8 Å². The fraction of sp³-hybridized carbons (Fsp3) is 0.389. The Bertz CT molecular complexity index is 723. The zero-order chi connectivity index (χ0) is 16.9. The van der Waals surface area contributed by atoms with E-state index < -0.39 is 12.1 Å². The summed E-state index contributed by atoms with van der Waals surface area (Å²) in [5.41, 5.74) is 1.40. The zero-order valence-corrected chi connectivity index (χ0v) is 14.3. The van der Waals surface area contributed by atoms with Crippen molar-refractivity contribution in [1.29, 1.82) is 0 Å². The number of carbonyl (C=O) groups is 2. The van der Waals surface area contributed by atoms with Gasteiger partial charge in [0.2, 0.25) is 0 Å². The third-order valence-corrected chi connectivity index (χ3v) is 4.71. The fourth-order valence-corrected chi connectivity index (χ4v) is 3.19. The number of rotatable bonds is 5. The normalized spacial score (nSPS) is 17.5. The van der Waals surface area contributed by atoms with Gasteiger partial charge in [-0.15, -0.1) is 11.3 Å². The van der Waals surface area contributed by atoms with E-state index in [4.69, 9.17) is 9.47 Å². The molecule has 0 bridgehead atoms. The smallest absolute Gasteiger partial charge is 0.358 e. The second-order valence-corrected chi connectivity index (χ2v) is 6.78. The number of hydrogen-bond acceptors (Lipinski definition) is 6. The van der Waals surface area contributed by atoms with Gasteiger partial charge in [0, 0.05) is 11.8 Å². The number of aryl methyl sites for hydroxylation is 1. The Balaban J connectivity index is 1.55. The van der Waals surface area contributed by atoms with Crippen molar-refractivity contribution < 1.29 is 19.1 Å². The van der Waals surface area contributed by atoms with E-state index in [1.54, 1.807) is 5.38 Å². The molecule has 0 aliphatic heterocycles. The molecule has 1 atom stereocenters. The lowest BCUT2D eigenvalue weighted by Crippen LogP contribution is -2.30. The van der Waals surface area contributed by atoms with Crippen molar-refractivity contribution in [3.8, 4) is 5.75 Å². The van der Waals surface area contributed by atoms with Crippen LogP contribution in [0.25, 0.3) is 0 Å². The highest BCUT2D eigenvalue weighted by atomic mass is 32.1. The SMILES string of the molecule is Cc1ccc(OCc2nc(C(=O)OC3CCCCC3=O)cs2)cc1. The van der Waals surface area contributed by atoms with Gasteiger partial charge in [-0.3, -0.25) is 4.79 Å². The number of aromatic nitrogens is 1. The van der Waals surface area contributed by atoms with Crippen LogP contribution in [0.5, 0.6) is 5.75 Å². The van der Waals surface area contributed by atoms with Crippen LogP contribution < -0.4 is 4.74 Å². The molecule has 1 unspecified atom stereocenters. The molecule has 2 aromatic rings. The quantitative estimate of drug-likeness (QED) is 0.773. The van der Waals surface area contributed by atoms with Crippen LogP contribution in [0.15, 0.2) is 29.6 Å². The second-order valence-electron chi connectivity index (χ2n) is 5.83. The molecule has 126 valence electrons. The van der Waals surface area contributed by atoms with Crippen molar-refractivity contribution in [3.63, 3.8) is 0 Å². The lowest BCUT2D eigenvalue weighted by atomic mass is 9.96. The molecule has 1 fully saturated rings. The van der Waals surface area contributed by atoms with E-state index in [9.17, 15) is 9.59 Å². The van der Waals surface area contributed by atoms with Gasteiger partial charge in [0.25, 0.3) is 0 Å². The third kappa shape index (κ3) is 4.20. The molecule has 1 aliphatic rings. The number of hydrogen-bond donors (Lipinski definition) is 0. The number of thiazole rings is 1. The first-order valence-electron chi connectivity index (χ1n) is 7.99. The number of benzene rings is 1. The number of esters is 1. The third-order valence-electron chi connectivity index (χ3n) is 3.89. The number of ether oxygens (including phenoxy) is 2. The van der Waals surface area contributed by atoms with Gasteiger partial charge >= 0.3 is 5.97 Å². The highest BCUT2D eigenvalue weighted by Crippen LogP contribution is 2.20. The first-order chi connectivity index (χ1) is 11.6. The Labute approximate surface area is 144 Å². The molecule has 6 heteroatoms. The maximum atomic E-state index is 12.1. The first kappa shape index (κ1) is 16.6. The van der Waals surface area contributed by atoms with Crippen LogP contribution in [0.3, 0.4) is 0 Å². The van der Waals surface area contributed by atoms with Gasteiger partial charge in [0.05, 0.1) is 0 Å². The summed E-state index contributed by atoms with van der Waals surface area (Å²) in [6.45, 7) is 2.31. The minimum absolute atomic E-state index is 0.00718. The summed E-state index contributed by atoms with van der Waals surface area (Å²) < 4.78 is 10.9. The summed E-state index contributed by atoms with van der Waals surface area (Å²) in [5, 5.41) is 2.33. The topological polar surface area (TPSA) is 65.5 Å². The van der Waals surface area contributed by atoms with E-state index in [0.717, 1.165) is 18.6 Å². The van der Waals surface area contributed by atoms with Crippen molar-refractivity contribution in [3.05, 3.63) is 45.9 Å². The van der Waals surface area contributed by atoms with Crippen LogP contribution in [0.1, 0.15) is 46.7 Å². The fourth-order valence-electron chi connectivity index (χ4n) is 2.52. The molecule has 3 rings (SSSR count). The summed E-state index contributed by atoms with van der Waals surface area (Å²) in [4.78, 5) is 28.1. The average molecular weight is 345 g/mol. The number of Topliss-reactive ketones (excluding diaryl/α,β-unsaturated/α-hetero) is 1. The molecule has 24 heavy (non-hydrogen) atoms. The number of ketones is 1. The molecule has 1 aliphatic carbocycles. The monoisotopic (exact) mass is 345 g/mol. The van der Waals surface area contributed by atoms with Crippen molar-refractivity contribution in [1.82, 2.24) is 4.98 Å². The van der Waals surface area contributed by atoms with Crippen molar-refractivity contribution >= 4 is 23.1 Å². The van der Waals surface area contributed by atoms with Gasteiger partial charge < -0.3 is 9.47 Å². The van der Waals surface area contributed by atoms with Crippen molar-refractivity contribution in [2.75, 3.05) is 0 Å². The molecule has 0 N–H and O–H groups in total. The van der Waals surface area contributed by atoms with Crippen LogP contribution >= 0.6 is 11.3 Å². The molecule has 0 spiro atoms. The highest BCUT2D eigenvalue weighted by molar-refractivity contribution is 7.09. The summed E-state index contributed by atoms with van der Waals surface area (Å²) in [7, 11) is 0. The van der Waals surface area contributed by atoms with E-state index in [0.29, 0.717) is 24.5 Å². The maximum absolute atomic E-state index is 12.1. The first-order valence-corrected chi connectivity index (χ1v) is 8.87. The van der Waals surface area contributed by atoms with Gasteiger partial charge in [-0.05, 0) is 38.3 Å². The lowest BCUT2D eigenvalue weighted by Gasteiger charge is -2.20. The van der Waals surface area contributed by atoms with Crippen molar-refractivity contribution in [2.24, 2.45) is 0 Å². The molecular weight excluding hydrogens is 326 g/mol.